The number of nitrogens with two attached hydrogens (primary N) is 1. The second-order valence-electron chi connectivity index (χ2n) is 4.25. The van der Waals surface area contributed by atoms with Gasteiger partial charge >= 0.3 is 0 Å². The lowest BCUT2D eigenvalue weighted by molar-refractivity contribution is -0.0929. The normalized spacial score (nSPS) is 45.5. The first-order valence-electron chi connectivity index (χ1n) is 4.52. The van der Waals surface area contributed by atoms with Gasteiger partial charge in [-0.1, -0.05) is 0 Å². The quantitative estimate of drug-likeness (QED) is 0.687. The SMILES string of the molecule is COC12CCC(N)(CC1)CC2.Cl. The van der Waals surface area contributed by atoms with Crippen LogP contribution in [0.2, 0.25) is 0 Å². The molecule has 2 bridgehead atoms. The van der Waals surface area contributed by atoms with E-state index < -0.39 is 0 Å². The van der Waals surface area contributed by atoms with Crippen LogP contribution in [-0.4, -0.2) is 18.2 Å². The monoisotopic (exact) mass is 191 g/mol. The Balaban J connectivity index is 0.000000720. The predicted octanol–water partition coefficient (Wildman–Crippen LogP) is 1.86. The standard InChI is InChI=1S/C9H17NO.ClH/c1-11-9-5-2-8(10,3-6-9)4-7-9;/h2-7,10H2,1H3;1H. The topological polar surface area (TPSA) is 35.2 Å². The van der Waals surface area contributed by atoms with Gasteiger partial charge in [0.05, 0.1) is 5.60 Å². The van der Waals surface area contributed by atoms with Gasteiger partial charge in [-0.2, -0.15) is 0 Å². The molecule has 0 saturated heterocycles. The molecular weight excluding hydrogens is 174 g/mol. The van der Waals surface area contributed by atoms with E-state index in [0.29, 0.717) is 0 Å². The van der Waals surface area contributed by atoms with E-state index in [1.54, 1.807) is 0 Å². The second kappa shape index (κ2) is 3.17. The fourth-order valence-corrected chi connectivity index (χ4v) is 2.49. The Bertz CT molecular complexity index is 147. The fourth-order valence-electron chi connectivity index (χ4n) is 2.49. The Kier molecular flexibility index (Phi) is 2.72. The van der Waals surface area contributed by atoms with Crippen molar-refractivity contribution in [3.05, 3.63) is 0 Å². The van der Waals surface area contributed by atoms with Gasteiger partial charge in [0.15, 0.2) is 0 Å². The second-order valence-corrected chi connectivity index (χ2v) is 4.25. The number of fused-ring (bicyclic) bond motifs is 3. The maximum absolute atomic E-state index is 6.15. The summed E-state index contributed by atoms with van der Waals surface area (Å²) in [7, 11) is 1.84. The first-order valence-corrected chi connectivity index (χ1v) is 4.52. The summed E-state index contributed by atoms with van der Waals surface area (Å²) in [4.78, 5) is 0. The van der Waals surface area contributed by atoms with Crippen LogP contribution in [0.5, 0.6) is 0 Å². The molecule has 12 heavy (non-hydrogen) atoms. The molecule has 0 heterocycles. The first kappa shape index (κ1) is 10.3. The summed E-state index contributed by atoms with van der Waals surface area (Å²) in [6, 6.07) is 0. The Morgan fingerprint density at radius 1 is 1.00 bits per heavy atom. The van der Waals surface area contributed by atoms with Gasteiger partial charge in [0.1, 0.15) is 0 Å². The summed E-state index contributed by atoms with van der Waals surface area (Å²) in [5.41, 5.74) is 6.56. The van der Waals surface area contributed by atoms with Crippen molar-refractivity contribution >= 4 is 12.4 Å². The van der Waals surface area contributed by atoms with E-state index in [9.17, 15) is 0 Å². The lowest BCUT2D eigenvalue weighted by Gasteiger charge is -2.50. The molecule has 0 unspecified atom stereocenters. The van der Waals surface area contributed by atoms with E-state index >= 15 is 0 Å². The zero-order chi connectivity index (χ0) is 7.95. The Labute approximate surface area is 80.3 Å². The van der Waals surface area contributed by atoms with E-state index in [1.165, 1.54) is 38.5 Å². The van der Waals surface area contributed by atoms with Crippen LogP contribution in [0, 0.1) is 0 Å². The van der Waals surface area contributed by atoms with Gasteiger partial charge in [-0.25, -0.2) is 0 Å². The molecule has 0 amide bonds. The van der Waals surface area contributed by atoms with Gasteiger partial charge in [-0.05, 0) is 38.5 Å². The molecule has 3 rings (SSSR count). The van der Waals surface area contributed by atoms with Crippen molar-refractivity contribution in [1.82, 2.24) is 0 Å². The van der Waals surface area contributed by atoms with Crippen LogP contribution in [0.4, 0.5) is 0 Å². The lowest BCUT2D eigenvalue weighted by Crippen LogP contribution is -2.55. The van der Waals surface area contributed by atoms with Crippen molar-refractivity contribution in [2.45, 2.75) is 49.7 Å². The van der Waals surface area contributed by atoms with Gasteiger partial charge in [0.2, 0.25) is 0 Å². The predicted molar refractivity (Wildman–Crippen MR) is 51.6 cm³/mol. The smallest absolute Gasteiger partial charge is 0.0680 e. The fraction of sp³-hybridized carbons (Fsp3) is 1.00. The Morgan fingerprint density at radius 2 is 1.42 bits per heavy atom. The van der Waals surface area contributed by atoms with Gasteiger partial charge in [-0.15, -0.1) is 12.4 Å². The Morgan fingerprint density at radius 3 is 1.75 bits per heavy atom. The summed E-state index contributed by atoms with van der Waals surface area (Å²) in [5.74, 6) is 0. The average Bonchev–Trinajstić information content (AvgIpc) is 2.07. The molecule has 3 fully saturated rings. The van der Waals surface area contributed by atoms with Crippen molar-refractivity contribution in [2.75, 3.05) is 7.11 Å². The molecule has 0 aromatic rings. The van der Waals surface area contributed by atoms with E-state index in [0.717, 1.165) is 0 Å². The molecule has 72 valence electrons. The highest BCUT2D eigenvalue weighted by molar-refractivity contribution is 5.85. The number of ether oxygens (including phenoxy) is 1. The number of rotatable bonds is 1. The van der Waals surface area contributed by atoms with E-state index in [1.807, 2.05) is 7.11 Å². The molecule has 0 aromatic carbocycles. The summed E-state index contributed by atoms with van der Waals surface area (Å²) in [5, 5.41) is 0. The molecule has 0 aromatic heterocycles. The van der Waals surface area contributed by atoms with Crippen molar-refractivity contribution in [2.24, 2.45) is 5.73 Å². The average molecular weight is 192 g/mol. The zero-order valence-corrected chi connectivity index (χ0v) is 8.45. The van der Waals surface area contributed by atoms with Crippen LogP contribution < -0.4 is 5.73 Å². The van der Waals surface area contributed by atoms with Gasteiger partial charge in [-0.3, -0.25) is 0 Å². The van der Waals surface area contributed by atoms with Crippen molar-refractivity contribution in [1.29, 1.82) is 0 Å². The van der Waals surface area contributed by atoms with Crippen LogP contribution in [-0.2, 0) is 4.74 Å². The van der Waals surface area contributed by atoms with Crippen LogP contribution in [0.3, 0.4) is 0 Å². The highest BCUT2D eigenvalue weighted by Crippen LogP contribution is 2.46. The molecule has 0 spiro atoms. The van der Waals surface area contributed by atoms with Crippen LogP contribution in [0.1, 0.15) is 38.5 Å². The molecule has 0 radical (unpaired) electrons. The van der Waals surface area contributed by atoms with Crippen LogP contribution in [0.15, 0.2) is 0 Å². The third kappa shape index (κ3) is 1.48. The summed E-state index contributed by atoms with van der Waals surface area (Å²) in [6.07, 6.45) is 7.04. The van der Waals surface area contributed by atoms with Crippen molar-refractivity contribution in [3.63, 3.8) is 0 Å². The van der Waals surface area contributed by atoms with E-state index in [4.69, 9.17) is 10.5 Å². The largest absolute Gasteiger partial charge is 0.378 e. The van der Waals surface area contributed by atoms with Gasteiger partial charge in [0.25, 0.3) is 0 Å². The molecule has 0 aliphatic heterocycles. The molecule has 2 nitrogen and oxygen atoms in total. The highest BCUT2D eigenvalue weighted by atomic mass is 35.5. The summed E-state index contributed by atoms with van der Waals surface area (Å²) >= 11 is 0. The number of methoxy groups -OCH3 is 1. The maximum Gasteiger partial charge on any atom is 0.0680 e. The third-order valence-electron chi connectivity index (χ3n) is 3.67. The minimum Gasteiger partial charge on any atom is -0.378 e. The van der Waals surface area contributed by atoms with Crippen LogP contribution in [0.25, 0.3) is 0 Å². The molecule has 3 saturated carbocycles. The maximum atomic E-state index is 6.15. The molecule has 3 heteroatoms. The minimum absolute atomic E-state index is 0. The number of hydrogen-bond acceptors (Lipinski definition) is 2. The lowest BCUT2D eigenvalue weighted by atomic mass is 9.64. The molecule has 3 aliphatic carbocycles. The van der Waals surface area contributed by atoms with Crippen molar-refractivity contribution < 1.29 is 4.74 Å². The van der Waals surface area contributed by atoms with E-state index in [2.05, 4.69) is 0 Å². The van der Waals surface area contributed by atoms with Crippen molar-refractivity contribution in [3.8, 4) is 0 Å². The summed E-state index contributed by atoms with van der Waals surface area (Å²) < 4.78 is 5.56. The molecule has 2 N–H and O–H groups in total. The van der Waals surface area contributed by atoms with Gasteiger partial charge < -0.3 is 10.5 Å². The van der Waals surface area contributed by atoms with E-state index in [-0.39, 0.29) is 23.5 Å². The molecule has 0 atom stereocenters. The molecular formula is C9H18ClNO. The zero-order valence-electron chi connectivity index (χ0n) is 7.64. The highest BCUT2D eigenvalue weighted by Gasteiger charge is 2.46. The Hall–Kier alpha value is 0.210. The molecule has 3 aliphatic rings. The number of hydrogen-bond donors (Lipinski definition) is 1. The first-order chi connectivity index (χ1) is 5.18. The minimum atomic E-state index is 0. The summed E-state index contributed by atoms with van der Waals surface area (Å²) in [6.45, 7) is 0. The third-order valence-corrected chi connectivity index (χ3v) is 3.67. The number of halogens is 1. The van der Waals surface area contributed by atoms with Crippen LogP contribution >= 0.6 is 12.4 Å². The van der Waals surface area contributed by atoms with Gasteiger partial charge in [0, 0.05) is 12.6 Å².